The smallest absolute Gasteiger partial charge is 0.0332 e. The highest BCUT2D eigenvalue weighted by Gasteiger charge is 2.32. The van der Waals surface area contributed by atoms with Crippen LogP contribution in [0, 0.1) is 11.8 Å². The maximum absolute atomic E-state index is 6.26. The van der Waals surface area contributed by atoms with Gasteiger partial charge in [-0.1, -0.05) is 51.1 Å². The lowest BCUT2D eigenvalue weighted by Gasteiger charge is -2.33. The van der Waals surface area contributed by atoms with E-state index in [9.17, 15) is 0 Å². The molecule has 0 aliphatic rings. The normalized spacial score (nSPS) is 13.9. The van der Waals surface area contributed by atoms with Gasteiger partial charge in [-0.05, 0) is 30.2 Å². The van der Waals surface area contributed by atoms with Gasteiger partial charge >= 0.3 is 0 Å². The molecule has 0 aromatic heterocycles. The number of rotatable bonds is 7. The Bertz CT molecular complexity index is 328. The van der Waals surface area contributed by atoms with Crippen molar-refractivity contribution in [1.29, 1.82) is 0 Å². The molecular formula is C16H24Cl2. The molecule has 0 N–H and O–H groups in total. The molecule has 1 aromatic carbocycles. The van der Waals surface area contributed by atoms with Gasteiger partial charge in [0.15, 0.2) is 0 Å². The van der Waals surface area contributed by atoms with Crippen molar-refractivity contribution >= 4 is 23.2 Å². The zero-order valence-corrected chi connectivity index (χ0v) is 13.1. The van der Waals surface area contributed by atoms with E-state index in [-0.39, 0.29) is 5.41 Å². The molecule has 0 saturated carbocycles. The Morgan fingerprint density at radius 3 is 2.00 bits per heavy atom. The second-order valence-electron chi connectivity index (χ2n) is 5.85. The van der Waals surface area contributed by atoms with Crippen LogP contribution in [0.5, 0.6) is 0 Å². The van der Waals surface area contributed by atoms with Gasteiger partial charge in [-0.25, -0.2) is 0 Å². The molecule has 1 aromatic rings. The third kappa shape index (κ3) is 4.17. The van der Waals surface area contributed by atoms with Crippen LogP contribution in [0.15, 0.2) is 30.3 Å². The van der Waals surface area contributed by atoms with Crippen LogP contribution in [0.1, 0.15) is 39.2 Å². The topological polar surface area (TPSA) is 0 Å². The summed E-state index contributed by atoms with van der Waals surface area (Å²) in [5.74, 6) is 2.54. The number of alkyl halides is 2. The van der Waals surface area contributed by atoms with E-state index in [4.69, 9.17) is 23.2 Å². The molecule has 0 aliphatic heterocycles. The molecule has 1 rings (SSSR count). The van der Waals surface area contributed by atoms with E-state index in [1.54, 1.807) is 0 Å². The summed E-state index contributed by atoms with van der Waals surface area (Å²) in [5, 5.41) is 0. The first-order chi connectivity index (χ1) is 8.54. The highest BCUT2D eigenvalue weighted by Crippen LogP contribution is 2.35. The molecule has 0 fully saturated rings. The summed E-state index contributed by atoms with van der Waals surface area (Å²) in [5.41, 5.74) is 1.18. The monoisotopic (exact) mass is 286 g/mol. The standard InChI is InChI=1S/C16H24Cl2/c1-13(2)9-14(3)10-16(11-17,12-18)15-7-5-4-6-8-15/h4-8,13-14H,9-12H2,1-3H3. The molecular weight excluding hydrogens is 263 g/mol. The van der Waals surface area contributed by atoms with E-state index in [1.165, 1.54) is 12.0 Å². The fourth-order valence-electron chi connectivity index (χ4n) is 2.76. The van der Waals surface area contributed by atoms with Crippen LogP contribution in [-0.4, -0.2) is 11.8 Å². The van der Waals surface area contributed by atoms with Crippen molar-refractivity contribution in [2.24, 2.45) is 11.8 Å². The minimum Gasteiger partial charge on any atom is -0.126 e. The summed E-state index contributed by atoms with van der Waals surface area (Å²) in [6.45, 7) is 6.83. The van der Waals surface area contributed by atoms with E-state index >= 15 is 0 Å². The van der Waals surface area contributed by atoms with Gasteiger partial charge in [-0.15, -0.1) is 23.2 Å². The van der Waals surface area contributed by atoms with Crippen LogP contribution in [0.3, 0.4) is 0 Å². The second-order valence-corrected chi connectivity index (χ2v) is 6.39. The first-order valence-corrected chi connectivity index (χ1v) is 7.78. The van der Waals surface area contributed by atoms with Crippen LogP contribution in [0.2, 0.25) is 0 Å². The van der Waals surface area contributed by atoms with Gasteiger partial charge in [-0.2, -0.15) is 0 Å². The zero-order chi connectivity index (χ0) is 13.6. The molecule has 0 amide bonds. The summed E-state index contributed by atoms with van der Waals surface area (Å²) in [6.07, 6.45) is 2.28. The molecule has 0 bridgehead atoms. The Kier molecular flexibility index (Phi) is 6.52. The van der Waals surface area contributed by atoms with E-state index in [0.29, 0.717) is 17.7 Å². The highest BCUT2D eigenvalue weighted by atomic mass is 35.5. The molecule has 0 nitrogen and oxygen atoms in total. The molecule has 0 saturated heterocycles. The van der Waals surface area contributed by atoms with Crippen molar-refractivity contribution in [2.45, 2.75) is 39.0 Å². The van der Waals surface area contributed by atoms with Gasteiger partial charge in [0, 0.05) is 17.2 Å². The van der Waals surface area contributed by atoms with E-state index < -0.39 is 0 Å². The average Bonchev–Trinajstić information content (AvgIpc) is 2.36. The molecule has 0 radical (unpaired) electrons. The van der Waals surface area contributed by atoms with Crippen molar-refractivity contribution in [1.82, 2.24) is 0 Å². The minimum atomic E-state index is -0.0846. The van der Waals surface area contributed by atoms with Gasteiger partial charge < -0.3 is 0 Å². The lowest BCUT2D eigenvalue weighted by molar-refractivity contribution is 0.337. The number of benzene rings is 1. The van der Waals surface area contributed by atoms with E-state index in [1.807, 2.05) is 6.07 Å². The highest BCUT2D eigenvalue weighted by molar-refractivity contribution is 6.22. The molecule has 102 valence electrons. The van der Waals surface area contributed by atoms with E-state index in [2.05, 4.69) is 45.0 Å². The predicted molar refractivity (Wildman–Crippen MR) is 82.8 cm³/mol. The van der Waals surface area contributed by atoms with Gasteiger partial charge in [0.2, 0.25) is 0 Å². The van der Waals surface area contributed by atoms with Crippen LogP contribution >= 0.6 is 23.2 Å². The Balaban J connectivity index is 2.87. The van der Waals surface area contributed by atoms with Crippen molar-refractivity contribution in [3.63, 3.8) is 0 Å². The lowest BCUT2D eigenvalue weighted by atomic mass is 9.75. The van der Waals surface area contributed by atoms with Crippen LogP contribution in [0.25, 0.3) is 0 Å². The second kappa shape index (κ2) is 7.40. The minimum absolute atomic E-state index is 0.0846. The first-order valence-electron chi connectivity index (χ1n) is 6.71. The number of hydrogen-bond acceptors (Lipinski definition) is 0. The lowest BCUT2D eigenvalue weighted by Crippen LogP contribution is -2.33. The molecule has 0 heterocycles. The van der Waals surface area contributed by atoms with Gasteiger partial charge in [0.05, 0.1) is 0 Å². The molecule has 18 heavy (non-hydrogen) atoms. The maximum Gasteiger partial charge on any atom is 0.0332 e. The Hall–Kier alpha value is -0.200. The largest absolute Gasteiger partial charge is 0.126 e. The van der Waals surface area contributed by atoms with Crippen molar-refractivity contribution in [3.05, 3.63) is 35.9 Å². The van der Waals surface area contributed by atoms with Gasteiger partial charge in [-0.3, -0.25) is 0 Å². The Labute approximate surface area is 122 Å². The predicted octanol–water partition coefficient (Wildman–Crippen LogP) is 5.47. The van der Waals surface area contributed by atoms with Crippen molar-refractivity contribution in [3.8, 4) is 0 Å². The third-order valence-electron chi connectivity index (χ3n) is 3.51. The van der Waals surface area contributed by atoms with Crippen molar-refractivity contribution in [2.75, 3.05) is 11.8 Å². The summed E-state index contributed by atoms with van der Waals surface area (Å²) in [6, 6.07) is 10.5. The maximum atomic E-state index is 6.26. The Morgan fingerprint density at radius 1 is 1.00 bits per heavy atom. The summed E-state index contributed by atoms with van der Waals surface area (Å²) < 4.78 is 0. The summed E-state index contributed by atoms with van der Waals surface area (Å²) >= 11 is 12.5. The fraction of sp³-hybridized carbons (Fsp3) is 0.625. The Morgan fingerprint density at radius 2 is 1.56 bits per heavy atom. The summed E-state index contributed by atoms with van der Waals surface area (Å²) in [4.78, 5) is 0. The van der Waals surface area contributed by atoms with Gasteiger partial charge in [0.25, 0.3) is 0 Å². The number of hydrogen-bond donors (Lipinski definition) is 0. The third-order valence-corrected chi connectivity index (χ3v) is 4.53. The number of halogens is 2. The van der Waals surface area contributed by atoms with Crippen LogP contribution < -0.4 is 0 Å². The van der Waals surface area contributed by atoms with E-state index in [0.717, 1.165) is 12.3 Å². The quantitative estimate of drug-likeness (QED) is 0.583. The zero-order valence-electron chi connectivity index (χ0n) is 11.6. The SMILES string of the molecule is CC(C)CC(C)CC(CCl)(CCl)c1ccccc1. The first kappa shape index (κ1) is 15.9. The molecule has 1 unspecified atom stereocenters. The average molecular weight is 287 g/mol. The fourth-order valence-corrected chi connectivity index (χ4v) is 3.58. The molecule has 0 spiro atoms. The summed E-state index contributed by atoms with van der Waals surface area (Å²) in [7, 11) is 0. The molecule has 2 heteroatoms. The molecule has 1 atom stereocenters. The van der Waals surface area contributed by atoms with Crippen LogP contribution in [-0.2, 0) is 5.41 Å². The van der Waals surface area contributed by atoms with Crippen LogP contribution in [0.4, 0.5) is 0 Å². The van der Waals surface area contributed by atoms with Gasteiger partial charge in [0.1, 0.15) is 0 Å². The van der Waals surface area contributed by atoms with Crippen molar-refractivity contribution < 1.29 is 0 Å². The molecule has 0 aliphatic carbocycles.